The van der Waals surface area contributed by atoms with Crippen LogP contribution in [0.4, 0.5) is 0 Å². The fourth-order valence-corrected chi connectivity index (χ4v) is 2.94. The van der Waals surface area contributed by atoms with Crippen LogP contribution >= 0.6 is 0 Å². The van der Waals surface area contributed by atoms with Crippen LogP contribution in [0, 0.1) is 0 Å². The molecule has 0 amide bonds. The highest BCUT2D eigenvalue weighted by Gasteiger charge is 2.17. The van der Waals surface area contributed by atoms with Gasteiger partial charge in [0.1, 0.15) is 0 Å². The quantitative estimate of drug-likeness (QED) is 0.807. The van der Waals surface area contributed by atoms with Gasteiger partial charge in [-0.1, -0.05) is 0 Å². The van der Waals surface area contributed by atoms with E-state index in [1.165, 1.54) is 6.42 Å². The average molecular weight is 210 g/mol. The van der Waals surface area contributed by atoms with Crippen molar-refractivity contribution >= 4 is 10.8 Å². The fourth-order valence-electron chi connectivity index (χ4n) is 1.67. The first-order valence-corrected chi connectivity index (χ1v) is 6.20. The van der Waals surface area contributed by atoms with Crippen LogP contribution in [0.2, 0.25) is 0 Å². The summed E-state index contributed by atoms with van der Waals surface area (Å²) in [5, 5.41) is 3.35. The largest absolute Gasteiger partial charge is 0.313 e. The molecule has 1 aliphatic rings. The standard InChI is InChI=1S/C10H14N2OS/c13-14(8-9-2-1-5-12-9)10-3-6-11-7-4-10/h3-4,6-7,9,12H,1-2,5,8H2. The summed E-state index contributed by atoms with van der Waals surface area (Å²) < 4.78 is 11.8. The van der Waals surface area contributed by atoms with Crippen molar-refractivity contribution in [3.8, 4) is 0 Å². The van der Waals surface area contributed by atoms with Crippen molar-refractivity contribution in [3.63, 3.8) is 0 Å². The first-order valence-electron chi connectivity index (χ1n) is 4.88. The lowest BCUT2D eigenvalue weighted by Gasteiger charge is -2.08. The second-order valence-electron chi connectivity index (χ2n) is 3.49. The van der Waals surface area contributed by atoms with Gasteiger partial charge in [0.15, 0.2) is 0 Å². The highest BCUT2D eigenvalue weighted by molar-refractivity contribution is 7.85. The van der Waals surface area contributed by atoms with E-state index in [1.54, 1.807) is 12.4 Å². The second-order valence-corrected chi connectivity index (χ2v) is 4.98. The number of nitrogens with zero attached hydrogens (tertiary/aromatic N) is 1. The van der Waals surface area contributed by atoms with Crippen LogP contribution in [-0.2, 0) is 10.8 Å². The highest BCUT2D eigenvalue weighted by atomic mass is 32.2. The zero-order chi connectivity index (χ0) is 9.80. The predicted octanol–water partition coefficient (Wildman–Crippen LogP) is 0.941. The van der Waals surface area contributed by atoms with Crippen LogP contribution in [-0.4, -0.2) is 27.5 Å². The van der Waals surface area contributed by atoms with Crippen LogP contribution < -0.4 is 5.32 Å². The Bertz CT molecular complexity index is 309. The molecule has 0 spiro atoms. The Morgan fingerprint density at radius 3 is 2.93 bits per heavy atom. The summed E-state index contributed by atoms with van der Waals surface area (Å²) in [5.74, 6) is 0.726. The maximum Gasteiger partial charge on any atom is 0.0546 e. The Kier molecular flexibility index (Phi) is 3.26. The predicted molar refractivity (Wildman–Crippen MR) is 56.5 cm³/mol. The number of rotatable bonds is 3. The molecule has 0 radical (unpaired) electrons. The smallest absolute Gasteiger partial charge is 0.0546 e. The van der Waals surface area contributed by atoms with Gasteiger partial charge in [-0.15, -0.1) is 0 Å². The third-order valence-corrected chi connectivity index (χ3v) is 3.93. The molecule has 0 saturated carbocycles. The van der Waals surface area contributed by atoms with Gasteiger partial charge in [0.25, 0.3) is 0 Å². The third-order valence-electron chi connectivity index (χ3n) is 2.43. The van der Waals surface area contributed by atoms with Gasteiger partial charge in [0, 0.05) is 29.1 Å². The summed E-state index contributed by atoms with van der Waals surface area (Å²) in [6.45, 7) is 1.07. The monoisotopic (exact) mass is 210 g/mol. The Balaban J connectivity index is 1.95. The molecule has 1 saturated heterocycles. The van der Waals surface area contributed by atoms with Crippen LogP contribution in [0.5, 0.6) is 0 Å². The van der Waals surface area contributed by atoms with Gasteiger partial charge < -0.3 is 5.32 Å². The van der Waals surface area contributed by atoms with Crippen molar-refractivity contribution in [2.75, 3.05) is 12.3 Å². The lowest BCUT2D eigenvalue weighted by atomic mass is 10.3. The zero-order valence-corrected chi connectivity index (χ0v) is 8.80. The molecule has 1 fully saturated rings. The molecule has 0 aromatic carbocycles. The first kappa shape index (κ1) is 9.80. The topological polar surface area (TPSA) is 42.0 Å². The maximum atomic E-state index is 11.8. The molecule has 14 heavy (non-hydrogen) atoms. The average Bonchev–Trinajstić information content (AvgIpc) is 2.72. The van der Waals surface area contributed by atoms with E-state index >= 15 is 0 Å². The van der Waals surface area contributed by atoms with E-state index in [4.69, 9.17) is 0 Å². The van der Waals surface area contributed by atoms with Gasteiger partial charge in [-0.05, 0) is 31.5 Å². The minimum absolute atomic E-state index is 0.434. The van der Waals surface area contributed by atoms with Gasteiger partial charge in [0.05, 0.1) is 10.8 Å². The molecule has 0 bridgehead atoms. The number of hydrogen-bond donors (Lipinski definition) is 1. The van der Waals surface area contributed by atoms with E-state index in [0.29, 0.717) is 6.04 Å². The van der Waals surface area contributed by atoms with Gasteiger partial charge in [-0.25, -0.2) is 0 Å². The summed E-state index contributed by atoms with van der Waals surface area (Å²) >= 11 is 0. The second kappa shape index (κ2) is 4.66. The summed E-state index contributed by atoms with van der Waals surface area (Å²) in [6.07, 6.45) is 5.74. The Morgan fingerprint density at radius 1 is 1.50 bits per heavy atom. The molecule has 1 aromatic heterocycles. The SMILES string of the molecule is O=S(CC1CCCN1)c1ccncc1. The van der Waals surface area contributed by atoms with E-state index in [2.05, 4.69) is 10.3 Å². The van der Waals surface area contributed by atoms with Gasteiger partial charge in [0.2, 0.25) is 0 Å². The number of nitrogens with one attached hydrogen (secondary N) is 1. The lowest BCUT2D eigenvalue weighted by molar-refractivity contribution is 0.643. The molecule has 2 rings (SSSR count). The third kappa shape index (κ3) is 2.39. The maximum absolute atomic E-state index is 11.8. The van der Waals surface area contributed by atoms with Crippen LogP contribution in [0.15, 0.2) is 29.4 Å². The number of aromatic nitrogens is 1. The molecule has 1 N–H and O–H groups in total. The summed E-state index contributed by atoms with van der Waals surface area (Å²) in [7, 11) is -0.876. The summed E-state index contributed by atoms with van der Waals surface area (Å²) in [6, 6.07) is 4.08. The lowest BCUT2D eigenvalue weighted by Crippen LogP contribution is -2.27. The van der Waals surface area contributed by atoms with E-state index in [9.17, 15) is 4.21 Å². The Labute approximate surface area is 86.4 Å². The molecule has 0 aliphatic carbocycles. The molecular formula is C10H14N2OS. The van der Waals surface area contributed by atoms with Gasteiger partial charge >= 0.3 is 0 Å². The minimum Gasteiger partial charge on any atom is -0.313 e. The molecule has 1 aromatic rings. The van der Waals surface area contributed by atoms with Gasteiger partial charge in [-0.3, -0.25) is 9.19 Å². The molecular weight excluding hydrogens is 196 g/mol. The van der Waals surface area contributed by atoms with Gasteiger partial charge in [-0.2, -0.15) is 0 Å². The minimum atomic E-state index is -0.876. The highest BCUT2D eigenvalue weighted by Crippen LogP contribution is 2.11. The van der Waals surface area contributed by atoms with Crippen LogP contribution in [0.25, 0.3) is 0 Å². The van der Waals surface area contributed by atoms with Crippen molar-refractivity contribution in [3.05, 3.63) is 24.5 Å². The molecule has 2 atom stereocenters. The molecule has 4 heteroatoms. The molecule has 2 unspecified atom stereocenters. The molecule has 3 nitrogen and oxygen atoms in total. The van der Waals surface area contributed by atoms with Crippen molar-refractivity contribution < 1.29 is 4.21 Å². The summed E-state index contributed by atoms with van der Waals surface area (Å²) in [4.78, 5) is 4.79. The Hall–Kier alpha value is -0.740. The van der Waals surface area contributed by atoms with E-state index < -0.39 is 10.8 Å². The van der Waals surface area contributed by atoms with Crippen molar-refractivity contribution in [1.82, 2.24) is 10.3 Å². The Morgan fingerprint density at radius 2 is 2.29 bits per heavy atom. The fraction of sp³-hybridized carbons (Fsp3) is 0.500. The van der Waals surface area contributed by atoms with Crippen molar-refractivity contribution in [2.24, 2.45) is 0 Å². The van der Waals surface area contributed by atoms with E-state index in [-0.39, 0.29) is 0 Å². The normalized spacial score (nSPS) is 23.6. The number of hydrogen-bond acceptors (Lipinski definition) is 3. The first-order chi connectivity index (χ1) is 6.86. The van der Waals surface area contributed by atoms with E-state index in [1.807, 2.05) is 12.1 Å². The van der Waals surface area contributed by atoms with Crippen LogP contribution in [0.3, 0.4) is 0 Å². The van der Waals surface area contributed by atoms with E-state index in [0.717, 1.165) is 23.6 Å². The van der Waals surface area contributed by atoms with Crippen LogP contribution in [0.1, 0.15) is 12.8 Å². The molecule has 76 valence electrons. The summed E-state index contributed by atoms with van der Waals surface area (Å²) in [5.41, 5.74) is 0. The number of pyridine rings is 1. The van der Waals surface area contributed by atoms with Crippen molar-refractivity contribution in [2.45, 2.75) is 23.8 Å². The van der Waals surface area contributed by atoms with Crippen molar-refractivity contribution in [1.29, 1.82) is 0 Å². The molecule has 2 heterocycles. The molecule has 1 aliphatic heterocycles. The zero-order valence-electron chi connectivity index (χ0n) is 7.98.